The van der Waals surface area contributed by atoms with Crippen LogP contribution in [0.4, 0.5) is 0 Å². The molecule has 26 heavy (non-hydrogen) atoms. The predicted molar refractivity (Wildman–Crippen MR) is 105 cm³/mol. The number of fused-ring (bicyclic) bond motifs is 1. The molecule has 1 fully saturated rings. The predicted octanol–water partition coefficient (Wildman–Crippen LogP) is 3.92. The van der Waals surface area contributed by atoms with Crippen molar-refractivity contribution in [2.75, 3.05) is 13.1 Å². The molecule has 4 heteroatoms. The van der Waals surface area contributed by atoms with E-state index in [9.17, 15) is 9.90 Å². The number of rotatable bonds is 3. The Morgan fingerprint density at radius 2 is 1.92 bits per heavy atom. The standard InChI is InChI=1S/C22H24N2O2/c1-15-5-6-21-18(11-15)12-19(22(26)23-21)14-24-9-7-16(8-10-24)17-3-2-4-20(25)13-17/h2-6,11-13,16,25H,7-10,14H2,1H3,(H,23,26). The first-order valence-electron chi connectivity index (χ1n) is 9.22. The summed E-state index contributed by atoms with van der Waals surface area (Å²) in [5.41, 5.74) is 4.15. The highest BCUT2D eigenvalue weighted by Crippen LogP contribution is 2.30. The number of phenols is 1. The van der Waals surface area contributed by atoms with Crippen LogP contribution in [-0.4, -0.2) is 28.1 Å². The second kappa shape index (κ2) is 6.96. The average molecular weight is 348 g/mol. The number of pyridine rings is 1. The fourth-order valence-corrected chi connectivity index (χ4v) is 3.93. The molecule has 0 atom stereocenters. The molecule has 4 rings (SSSR count). The van der Waals surface area contributed by atoms with E-state index >= 15 is 0 Å². The van der Waals surface area contributed by atoms with Crippen LogP contribution in [0.3, 0.4) is 0 Å². The third kappa shape index (κ3) is 3.51. The van der Waals surface area contributed by atoms with Crippen molar-refractivity contribution < 1.29 is 5.11 Å². The SMILES string of the molecule is Cc1ccc2[nH]c(=O)c(CN3CCC(c4cccc(O)c4)CC3)cc2c1. The molecule has 0 spiro atoms. The van der Waals surface area contributed by atoms with Gasteiger partial charge in [0, 0.05) is 17.6 Å². The third-order valence-electron chi connectivity index (χ3n) is 5.40. The summed E-state index contributed by atoms with van der Waals surface area (Å²) in [4.78, 5) is 17.8. The zero-order valence-electron chi connectivity index (χ0n) is 15.0. The zero-order chi connectivity index (χ0) is 18.1. The monoisotopic (exact) mass is 348 g/mol. The number of likely N-dealkylation sites (tertiary alicyclic amines) is 1. The molecule has 0 bridgehead atoms. The van der Waals surface area contributed by atoms with Gasteiger partial charge in [-0.3, -0.25) is 9.69 Å². The Balaban J connectivity index is 1.47. The highest BCUT2D eigenvalue weighted by molar-refractivity contribution is 5.79. The van der Waals surface area contributed by atoms with Crippen molar-refractivity contribution in [2.24, 2.45) is 0 Å². The largest absolute Gasteiger partial charge is 0.508 e. The van der Waals surface area contributed by atoms with Crippen LogP contribution in [0.25, 0.3) is 10.9 Å². The van der Waals surface area contributed by atoms with Gasteiger partial charge in [0.1, 0.15) is 5.75 Å². The number of piperidine rings is 1. The van der Waals surface area contributed by atoms with Gasteiger partial charge in [-0.1, -0.05) is 23.8 Å². The van der Waals surface area contributed by atoms with E-state index in [-0.39, 0.29) is 5.56 Å². The van der Waals surface area contributed by atoms with Gasteiger partial charge in [0.15, 0.2) is 0 Å². The summed E-state index contributed by atoms with van der Waals surface area (Å²) in [6, 6.07) is 15.7. The van der Waals surface area contributed by atoms with E-state index in [0.717, 1.165) is 42.4 Å². The molecule has 2 N–H and O–H groups in total. The number of H-pyrrole nitrogens is 1. The Bertz CT molecular complexity index is 985. The molecular formula is C22H24N2O2. The second-order valence-electron chi connectivity index (χ2n) is 7.36. The summed E-state index contributed by atoms with van der Waals surface area (Å²) >= 11 is 0. The van der Waals surface area contributed by atoms with Crippen molar-refractivity contribution in [3.63, 3.8) is 0 Å². The molecule has 2 heterocycles. The maximum Gasteiger partial charge on any atom is 0.252 e. The lowest BCUT2D eigenvalue weighted by Gasteiger charge is -2.32. The Kier molecular flexibility index (Phi) is 4.51. The van der Waals surface area contributed by atoms with E-state index in [0.29, 0.717) is 18.2 Å². The molecule has 4 nitrogen and oxygen atoms in total. The molecule has 3 aromatic rings. The van der Waals surface area contributed by atoms with Crippen LogP contribution in [0.5, 0.6) is 5.75 Å². The highest BCUT2D eigenvalue weighted by Gasteiger charge is 2.21. The molecule has 0 amide bonds. The third-order valence-corrected chi connectivity index (χ3v) is 5.40. The van der Waals surface area contributed by atoms with Crippen LogP contribution in [0.15, 0.2) is 53.3 Å². The number of nitrogens with one attached hydrogen (secondary N) is 1. The minimum Gasteiger partial charge on any atom is -0.508 e. The number of aromatic amines is 1. The van der Waals surface area contributed by atoms with Crippen molar-refractivity contribution in [1.82, 2.24) is 9.88 Å². The first-order valence-corrected chi connectivity index (χ1v) is 9.22. The number of nitrogens with zero attached hydrogens (tertiary/aromatic N) is 1. The Morgan fingerprint density at radius 1 is 1.12 bits per heavy atom. The molecule has 0 aliphatic carbocycles. The summed E-state index contributed by atoms with van der Waals surface area (Å²) in [7, 11) is 0. The number of aromatic nitrogens is 1. The fourth-order valence-electron chi connectivity index (χ4n) is 3.93. The number of aryl methyl sites for hydroxylation is 1. The van der Waals surface area contributed by atoms with Gasteiger partial charge in [-0.2, -0.15) is 0 Å². The first kappa shape index (κ1) is 16.9. The summed E-state index contributed by atoms with van der Waals surface area (Å²) in [6.45, 7) is 4.68. The second-order valence-corrected chi connectivity index (χ2v) is 7.36. The minimum absolute atomic E-state index is 0.0106. The van der Waals surface area contributed by atoms with Gasteiger partial charge in [0.25, 0.3) is 5.56 Å². The smallest absolute Gasteiger partial charge is 0.252 e. The van der Waals surface area contributed by atoms with Crippen LogP contribution in [0.1, 0.15) is 35.4 Å². The van der Waals surface area contributed by atoms with E-state index in [1.54, 1.807) is 6.07 Å². The van der Waals surface area contributed by atoms with Gasteiger partial charge in [0.2, 0.25) is 0 Å². The summed E-state index contributed by atoms with van der Waals surface area (Å²) in [5, 5.41) is 10.8. The van der Waals surface area contributed by atoms with Crippen LogP contribution in [-0.2, 0) is 6.54 Å². The van der Waals surface area contributed by atoms with Crippen LogP contribution in [0.2, 0.25) is 0 Å². The number of hydrogen-bond donors (Lipinski definition) is 2. The molecule has 1 saturated heterocycles. The Morgan fingerprint density at radius 3 is 2.69 bits per heavy atom. The van der Waals surface area contributed by atoms with Gasteiger partial charge >= 0.3 is 0 Å². The van der Waals surface area contributed by atoms with Crippen molar-refractivity contribution in [3.05, 3.63) is 75.6 Å². The highest BCUT2D eigenvalue weighted by atomic mass is 16.3. The molecule has 0 saturated carbocycles. The molecule has 2 aromatic carbocycles. The van der Waals surface area contributed by atoms with Gasteiger partial charge in [-0.05, 0) is 80.1 Å². The average Bonchev–Trinajstić information content (AvgIpc) is 2.63. The summed E-state index contributed by atoms with van der Waals surface area (Å²) in [5.74, 6) is 0.818. The quantitative estimate of drug-likeness (QED) is 0.754. The first-order chi connectivity index (χ1) is 12.6. The fraction of sp³-hybridized carbons (Fsp3) is 0.318. The molecule has 0 radical (unpaired) electrons. The maximum absolute atomic E-state index is 12.4. The lowest BCUT2D eigenvalue weighted by atomic mass is 9.89. The Labute approximate surface area is 153 Å². The number of phenolic OH excluding ortho intramolecular Hbond substituents is 1. The van der Waals surface area contributed by atoms with E-state index in [4.69, 9.17) is 0 Å². The lowest BCUT2D eigenvalue weighted by Crippen LogP contribution is -2.34. The maximum atomic E-state index is 12.4. The van der Waals surface area contributed by atoms with Crippen LogP contribution < -0.4 is 5.56 Å². The molecule has 1 aliphatic rings. The van der Waals surface area contributed by atoms with Crippen molar-refractivity contribution in [1.29, 1.82) is 0 Å². The molecule has 1 aromatic heterocycles. The summed E-state index contributed by atoms with van der Waals surface area (Å²) in [6.07, 6.45) is 2.10. The van der Waals surface area contributed by atoms with Gasteiger partial charge in [-0.25, -0.2) is 0 Å². The topological polar surface area (TPSA) is 56.3 Å². The number of hydrogen-bond acceptors (Lipinski definition) is 3. The van der Waals surface area contributed by atoms with E-state index in [1.807, 2.05) is 30.3 Å². The zero-order valence-corrected chi connectivity index (χ0v) is 15.0. The van der Waals surface area contributed by atoms with E-state index < -0.39 is 0 Å². The van der Waals surface area contributed by atoms with Gasteiger partial charge in [-0.15, -0.1) is 0 Å². The van der Waals surface area contributed by atoms with Crippen LogP contribution in [0, 0.1) is 6.92 Å². The van der Waals surface area contributed by atoms with Gasteiger partial charge < -0.3 is 10.1 Å². The van der Waals surface area contributed by atoms with Gasteiger partial charge in [0.05, 0.1) is 0 Å². The molecule has 1 aliphatic heterocycles. The van der Waals surface area contributed by atoms with Crippen LogP contribution >= 0.6 is 0 Å². The molecular weight excluding hydrogens is 324 g/mol. The summed E-state index contributed by atoms with van der Waals surface area (Å²) < 4.78 is 0. The van der Waals surface area contributed by atoms with Crippen molar-refractivity contribution in [2.45, 2.75) is 32.2 Å². The number of aromatic hydroxyl groups is 1. The molecule has 0 unspecified atom stereocenters. The lowest BCUT2D eigenvalue weighted by molar-refractivity contribution is 0.204. The van der Waals surface area contributed by atoms with Crippen molar-refractivity contribution in [3.8, 4) is 5.75 Å². The number of benzene rings is 2. The molecule has 134 valence electrons. The normalized spacial score (nSPS) is 16.2. The van der Waals surface area contributed by atoms with E-state index in [1.165, 1.54) is 11.1 Å². The minimum atomic E-state index is 0.0106. The Hall–Kier alpha value is -2.59. The van der Waals surface area contributed by atoms with Crippen molar-refractivity contribution >= 4 is 10.9 Å². The van der Waals surface area contributed by atoms with E-state index in [2.05, 4.69) is 28.9 Å².